The van der Waals surface area contributed by atoms with Gasteiger partial charge in [0.2, 0.25) is 5.91 Å². The van der Waals surface area contributed by atoms with Crippen molar-refractivity contribution in [3.8, 4) is 0 Å². The molecule has 1 aliphatic heterocycles. The molecule has 3 aromatic rings. The highest BCUT2D eigenvalue weighted by Crippen LogP contribution is 2.39. The van der Waals surface area contributed by atoms with Gasteiger partial charge in [-0.1, -0.05) is 25.1 Å². The summed E-state index contributed by atoms with van der Waals surface area (Å²) in [6.07, 6.45) is 0.352. The molecule has 0 spiro atoms. The van der Waals surface area contributed by atoms with E-state index in [9.17, 15) is 32.3 Å². The van der Waals surface area contributed by atoms with E-state index in [-0.39, 0.29) is 46.1 Å². The number of hydrogen-bond acceptors (Lipinski definition) is 5. The maximum atomic E-state index is 14.9. The maximum absolute atomic E-state index is 14.9. The molecule has 12 heteroatoms. The minimum Gasteiger partial charge on any atom is -0.369 e. The van der Waals surface area contributed by atoms with Crippen molar-refractivity contribution in [3.05, 3.63) is 82.6 Å². The Kier molecular flexibility index (Phi) is 7.61. The van der Waals surface area contributed by atoms with Gasteiger partial charge in [0.25, 0.3) is 5.91 Å². The Morgan fingerprint density at radius 2 is 2.00 bits per heavy atom. The number of rotatable bonds is 7. The van der Waals surface area contributed by atoms with E-state index in [1.165, 1.54) is 12.1 Å². The lowest BCUT2D eigenvalue weighted by molar-refractivity contribution is -0.137. The first-order chi connectivity index (χ1) is 19.8. The zero-order valence-electron chi connectivity index (χ0n) is 23.2. The highest BCUT2D eigenvalue weighted by atomic mass is 19.4. The molecule has 4 atom stereocenters. The average molecular weight is 586 g/mol. The van der Waals surface area contributed by atoms with Crippen LogP contribution >= 0.6 is 0 Å². The van der Waals surface area contributed by atoms with Crippen LogP contribution in [0.15, 0.2) is 54.3 Å². The van der Waals surface area contributed by atoms with E-state index in [0.717, 1.165) is 30.3 Å². The molecule has 2 aliphatic rings. The second-order valence-corrected chi connectivity index (χ2v) is 10.7. The van der Waals surface area contributed by atoms with Crippen LogP contribution in [0, 0.1) is 11.7 Å². The molecule has 0 bridgehead atoms. The van der Waals surface area contributed by atoms with Crippen LogP contribution in [0.5, 0.6) is 0 Å². The van der Waals surface area contributed by atoms with Gasteiger partial charge >= 0.3 is 6.18 Å². The van der Waals surface area contributed by atoms with Crippen molar-refractivity contribution < 1.29 is 32.3 Å². The smallest absolute Gasteiger partial charge is 0.369 e. The number of amides is 2. The van der Waals surface area contributed by atoms with Crippen LogP contribution in [0.3, 0.4) is 0 Å². The number of aliphatic hydroxyl groups is 1. The summed E-state index contributed by atoms with van der Waals surface area (Å²) < 4.78 is 58.4. The molecule has 1 fully saturated rings. The molecule has 2 heterocycles. The first kappa shape index (κ1) is 29.3. The van der Waals surface area contributed by atoms with E-state index in [0.29, 0.717) is 18.8 Å². The average Bonchev–Trinajstić information content (AvgIpc) is 3.43. The Morgan fingerprint density at radius 1 is 1.26 bits per heavy atom. The van der Waals surface area contributed by atoms with E-state index in [1.807, 2.05) is 39.0 Å². The van der Waals surface area contributed by atoms with Crippen LogP contribution < -0.4 is 11.1 Å². The molecule has 0 saturated carbocycles. The minimum absolute atomic E-state index is 0.0178. The van der Waals surface area contributed by atoms with Crippen LogP contribution in [-0.2, 0) is 17.5 Å². The van der Waals surface area contributed by atoms with Gasteiger partial charge in [0, 0.05) is 35.7 Å². The molecular weight excluding hydrogens is 554 g/mol. The van der Waals surface area contributed by atoms with Gasteiger partial charge in [-0.3, -0.25) is 9.59 Å². The second-order valence-electron chi connectivity index (χ2n) is 10.7. The summed E-state index contributed by atoms with van der Waals surface area (Å²) in [6.45, 7) is 6.02. The Hall–Kier alpha value is -4.19. The highest BCUT2D eigenvalue weighted by Gasteiger charge is 2.37. The minimum atomic E-state index is -4.74. The third-order valence-corrected chi connectivity index (χ3v) is 7.88. The lowest BCUT2D eigenvalue weighted by Gasteiger charge is -2.26. The van der Waals surface area contributed by atoms with Crippen molar-refractivity contribution in [2.75, 3.05) is 5.32 Å². The fourth-order valence-electron chi connectivity index (χ4n) is 5.89. The molecule has 1 aliphatic carbocycles. The van der Waals surface area contributed by atoms with Crippen LogP contribution in [0.2, 0.25) is 0 Å². The number of aliphatic hydroxyl groups excluding tert-OH is 1. The molecule has 8 nitrogen and oxygen atoms in total. The number of primary amides is 1. The third-order valence-electron chi connectivity index (χ3n) is 7.88. The summed E-state index contributed by atoms with van der Waals surface area (Å²) >= 11 is 0. The Balaban J connectivity index is 1.55. The number of alkyl halides is 3. The molecule has 2 aromatic carbocycles. The van der Waals surface area contributed by atoms with E-state index >= 15 is 0 Å². The van der Waals surface area contributed by atoms with Gasteiger partial charge < -0.3 is 25.6 Å². The number of likely N-dealkylation sites (tertiary alicyclic amines) is 1. The molecule has 1 aromatic heterocycles. The van der Waals surface area contributed by atoms with E-state index < -0.39 is 35.3 Å². The Morgan fingerprint density at radius 3 is 2.57 bits per heavy atom. The lowest BCUT2D eigenvalue weighted by Crippen LogP contribution is -2.31. The number of aryl methyl sites for hydroxylation is 1. The number of nitrogens with one attached hydrogen (secondary N) is 1. The SMILES string of the molecule is CCn1c(C2C=CC(N3C(=O)C(C)CC3C)=CC2)nc2cc(C(F)(F)F)cc(C(O)Nc3cccc(C(N)=O)c3F)c21. The van der Waals surface area contributed by atoms with Gasteiger partial charge in [-0.05, 0) is 57.0 Å². The first-order valence-electron chi connectivity index (χ1n) is 13.7. The van der Waals surface area contributed by atoms with Gasteiger partial charge in [0.1, 0.15) is 5.82 Å². The van der Waals surface area contributed by atoms with Crippen molar-refractivity contribution >= 4 is 28.5 Å². The summed E-state index contributed by atoms with van der Waals surface area (Å²) in [4.78, 5) is 30.6. The number of aromatic nitrogens is 2. The number of allylic oxidation sites excluding steroid dienone is 3. The normalized spacial score (nSPS) is 21.6. The predicted octanol–water partition coefficient (Wildman–Crippen LogP) is 5.60. The van der Waals surface area contributed by atoms with Crippen LogP contribution in [0.4, 0.5) is 23.2 Å². The van der Waals surface area contributed by atoms with Crippen LogP contribution in [-0.4, -0.2) is 37.4 Å². The summed E-state index contributed by atoms with van der Waals surface area (Å²) in [7, 11) is 0. The van der Waals surface area contributed by atoms with Crippen molar-refractivity contribution in [1.29, 1.82) is 0 Å². The molecule has 4 N–H and O–H groups in total. The van der Waals surface area contributed by atoms with Crippen molar-refractivity contribution in [2.45, 2.75) is 64.5 Å². The number of hydrogen-bond donors (Lipinski definition) is 3. The number of anilines is 1. The zero-order valence-corrected chi connectivity index (χ0v) is 23.2. The van der Waals surface area contributed by atoms with Crippen LogP contribution in [0.25, 0.3) is 11.0 Å². The van der Waals surface area contributed by atoms with Crippen molar-refractivity contribution in [2.24, 2.45) is 11.7 Å². The number of nitrogens with zero attached hydrogens (tertiary/aromatic N) is 3. The number of carbonyl (C=O) groups excluding carboxylic acids is 2. The quantitative estimate of drug-likeness (QED) is 0.247. The number of imidazole rings is 1. The van der Waals surface area contributed by atoms with Crippen molar-refractivity contribution in [1.82, 2.24) is 14.5 Å². The zero-order chi connectivity index (χ0) is 30.5. The third kappa shape index (κ3) is 5.15. The number of fused-ring (bicyclic) bond motifs is 1. The molecule has 1 saturated heterocycles. The molecule has 0 radical (unpaired) electrons. The lowest BCUT2D eigenvalue weighted by atomic mass is 9.97. The van der Waals surface area contributed by atoms with Gasteiger partial charge in [-0.2, -0.15) is 13.2 Å². The predicted molar refractivity (Wildman–Crippen MR) is 149 cm³/mol. The van der Waals surface area contributed by atoms with E-state index in [4.69, 9.17) is 5.73 Å². The van der Waals surface area contributed by atoms with Gasteiger partial charge in [-0.15, -0.1) is 0 Å². The first-order valence-corrected chi connectivity index (χ1v) is 13.7. The molecule has 222 valence electrons. The monoisotopic (exact) mass is 585 g/mol. The second kappa shape index (κ2) is 10.9. The summed E-state index contributed by atoms with van der Waals surface area (Å²) in [5.41, 5.74) is 4.34. The molecular formula is C30H31F4N5O3. The fourth-order valence-corrected chi connectivity index (χ4v) is 5.89. The van der Waals surface area contributed by atoms with Gasteiger partial charge in [0.15, 0.2) is 12.0 Å². The topological polar surface area (TPSA) is 113 Å². The van der Waals surface area contributed by atoms with Gasteiger partial charge in [0.05, 0.1) is 27.8 Å². The van der Waals surface area contributed by atoms with Crippen LogP contribution in [0.1, 0.15) is 73.1 Å². The number of benzene rings is 2. The molecule has 5 rings (SSSR count). The largest absolute Gasteiger partial charge is 0.416 e. The summed E-state index contributed by atoms with van der Waals surface area (Å²) in [6, 6.07) is 5.53. The van der Waals surface area contributed by atoms with E-state index in [2.05, 4.69) is 10.3 Å². The molecule has 4 unspecified atom stereocenters. The standard InChI is InChI=1S/C30H31F4N5O3/c1-4-38-25-21(28(41)37-22-7-5-6-20(24(22)31)26(35)40)13-18(30(32,33)34)14-23(25)36-27(38)17-8-10-19(11-9-17)39-16(3)12-15(2)29(39)42/h5-8,10-11,13-17,28,37,41H,4,9,12H2,1-3H3,(H2,35,40). The van der Waals surface area contributed by atoms with Crippen molar-refractivity contribution in [3.63, 3.8) is 0 Å². The number of carbonyl (C=O) groups is 2. The maximum Gasteiger partial charge on any atom is 0.416 e. The number of halogens is 4. The fraction of sp³-hybridized carbons (Fsp3) is 0.367. The Bertz CT molecular complexity index is 1630. The summed E-state index contributed by atoms with van der Waals surface area (Å²) in [5.74, 6) is -1.89. The molecule has 2 amide bonds. The Labute approximate surface area is 239 Å². The van der Waals surface area contributed by atoms with E-state index in [1.54, 1.807) is 9.47 Å². The van der Waals surface area contributed by atoms with Gasteiger partial charge in [-0.25, -0.2) is 9.37 Å². The summed E-state index contributed by atoms with van der Waals surface area (Å²) in [5, 5.41) is 13.6. The highest BCUT2D eigenvalue weighted by molar-refractivity contribution is 5.94. The molecule has 42 heavy (non-hydrogen) atoms. The number of nitrogens with two attached hydrogens (primary N) is 1.